The maximum atomic E-state index is 13.3. The molecule has 0 unspecified atom stereocenters. The predicted octanol–water partition coefficient (Wildman–Crippen LogP) is 4.30. The number of thioether (sulfide) groups is 1. The first kappa shape index (κ1) is 24.0. The van der Waals surface area contributed by atoms with Crippen LogP contribution in [0.3, 0.4) is 0 Å². The van der Waals surface area contributed by atoms with Crippen molar-refractivity contribution in [3.8, 4) is 5.75 Å². The summed E-state index contributed by atoms with van der Waals surface area (Å²) >= 11 is 1.21. The number of carbonyl (C=O) groups is 1. The van der Waals surface area contributed by atoms with E-state index in [0.29, 0.717) is 23.3 Å². The summed E-state index contributed by atoms with van der Waals surface area (Å²) < 4.78 is 33.2. The molecule has 34 heavy (non-hydrogen) atoms. The fraction of sp³-hybridized carbons (Fsp3) is 0.375. The number of halogens is 2. The Balaban J connectivity index is 1.37. The Morgan fingerprint density at radius 2 is 1.68 bits per heavy atom. The Hall–Kier alpha value is -3.14. The van der Waals surface area contributed by atoms with Crippen molar-refractivity contribution in [2.45, 2.75) is 56.5 Å². The number of nitrogens with zero attached hydrogens (tertiary/aromatic N) is 4. The lowest BCUT2D eigenvalue weighted by Gasteiger charge is -2.34. The van der Waals surface area contributed by atoms with Crippen molar-refractivity contribution in [2.24, 2.45) is 0 Å². The number of aromatic nitrogens is 3. The van der Waals surface area contributed by atoms with E-state index in [1.54, 1.807) is 12.1 Å². The van der Waals surface area contributed by atoms with E-state index in [1.165, 1.54) is 59.3 Å². The van der Waals surface area contributed by atoms with Crippen LogP contribution in [0.25, 0.3) is 0 Å². The molecule has 0 spiro atoms. The summed E-state index contributed by atoms with van der Waals surface area (Å²) in [6.07, 6.45) is 5.31. The maximum absolute atomic E-state index is 13.3. The summed E-state index contributed by atoms with van der Waals surface area (Å²) in [6, 6.07) is 12.1. The lowest BCUT2D eigenvalue weighted by Crippen LogP contribution is -2.42. The van der Waals surface area contributed by atoms with Crippen molar-refractivity contribution < 1.29 is 18.3 Å². The van der Waals surface area contributed by atoms with E-state index < -0.39 is 0 Å². The van der Waals surface area contributed by atoms with Gasteiger partial charge in [-0.3, -0.25) is 4.79 Å². The second-order valence-electron chi connectivity index (χ2n) is 8.24. The van der Waals surface area contributed by atoms with Crippen LogP contribution in [0.4, 0.5) is 8.78 Å². The molecule has 10 heteroatoms. The minimum absolute atomic E-state index is 0.0201. The van der Waals surface area contributed by atoms with Crippen LogP contribution in [-0.2, 0) is 17.9 Å². The van der Waals surface area contributed by atoms with E-state index in [1.807, 2.05) is 4.90 Å². The molecule has 2 aromatic carbocycles. The molecule has 0 saturated heterocycles. The third-order valence-electron chi connectivity index (χ3n) is 5.84. The molecule has 1 amide bonds. The lowest BCUT2D eigenvalue weighted by molar-refractivity contribution is -0.132. The summed E-state index contributed by atoms with van der Waals surface area (Å²) in [5.41, 5.74) is 0.896. The molecule has 1 aliphatic carbocycles. The highest BCUT2D eigenvalue weighted by Crippen LogP contribution is 2.26. The Labute approximate surface area is 201 Å². The Morgan fingerprint density at radius 3 is 2.35 bits per heavy atom. The molecule has 1 saturated carbocycles. The van der Waals surface area contributed by atoms with Crippen molar-refractivity contribution in [3.63, 3.8) is 0 Å². The van der Waals surface area contributed by atoms with Gasteiger partial charge in [0.15, 0.2) is 5.82 Å². The smallest absolute Gasteiger partial charge is 0.233 e. The average Bonchev–Trinajstić information content (AvgIpc) is 3.21. The van der Waals surface area contributed by atoms with Gasteiger partial charge in [0, 0.05) is 12.6 Å². The molecule has 0 aliphatic heterocycles. The maximum Gasteiger partial charge on any atom is 0.233 e. The zero-order valence-electron chi connectivity index (χ0n) is 18.7. The first-order valence-electron chi connectivity index (χ1n) is 11.2. The van der Waals surface area contributed by atoms with Gasteiger partial charge in [-0.05, 0) is 54.8 Å². The highest BCUT2D eigenvalue weighted by molar-refractivity contribution is 7.99. The third kappa shape index (κ3) is 6.25. The molecule has 2 N–H and O–H groups in total. The highest BCUT2D eigenvalue weighted by atomic mass is 32.2. The minimum Gasteiger partial charge on any atom is -0.486 e. The fourth-order valence-corrected chi connectivity index (χ4v) is 4.75. The van der Waals surface area contributed by atoms with Gasteiger partial charge >= 0.3 is 0 Å². The van der Waals surface area contributed by atoms with E-state index >= 15 is 0 Å². The molecule has 7 nitrogen and oxygen atoms in total. The van der Waals surface area contributed by atoms with Gasteiger partial charge < -0.3 is 15.5 Å². The van der Waals surface area contributed by atoms with Crippen molar-refractivity contribution in [3.05, 3.63) is 71.6 Å². The molecular weight excluding hydrogens is 460 g/mol. The standard InChI is InChI=1S/C24H27F2N5O2S/c25-18-8-6-17(7-9-18)14-30(20-4-2-1-3-5-20)23(32)16-34-24-29-28-22(31(24)27)15-33-21-12-10-19(26)11-13-21/h6-13,20H,1-5,14-16,27H2. The number of rotatable bonds is 9. The first-order chi connectivity index (χ1) is 16.5. The third-order valence-corrected chi connectivity index (χ3v) is 6.77. The van der Waals surface area contributed by atoms with Crippen molar-refractivity contribution in [2.75, 3.05) is 11.6 Å². The summed E-state index contributed by atoms with van der Waals surface area (Å²) in [5.74, 6) is 6.47. The number of hydrogen-bond acceptors (Lipinski definition) is 6. The van der Waals surface area contributed by atoms with Gasteiger partial charge in [-0.15, -0.1) is 10.2 Å². The summed E-state index contributed by atoms with van der Waals surface area (Å²) in [7, 11) is 0. The Kier molecular flexibility index (Phi) is 7.99. The van der Waals surface area contributed by atoms with E-state index in [4.69, 9.17) is 10.6 Å². The summed E-state index contributed by atoms with van der Waals surface area (Å²) in [4.78, 5) is 15.1. The number of hydrogen-bond donors (Lipinski definition) is 1. The Bertz CT molecular complexity index is 1090. The van der Waals surface area contributed by atoms with Gasteiger partial charge in [0.2, 0.25) is 11.1 Å². The molecule has 1 heterocycles. The molecule has 180 valence electrons. The van der Waals surface area contributed by atoms with Gasteiger partial charge in [0.1, 0.15) is 24.0 Å². The van der Waals surface area contributed by atoms with Crippen LogP contribution in [-0.4, -0.2) is 37.5 Å². The number of nitrogens with two attached hydrogens (primary N) is 1. The normalized spacial score (nSPS) is 14.2. The molecule has 1 aliphatic rings. The van der Waals surface area contributed by atoms with Crippen LogP contribution in [0.15, 0.2) is 53.7 Å². The van der Waals surface area contributed by atoms with Gasteiger partial charge in [0.25, 0.3) is 0 Å². The van der Waals surface area contributed by atoms with Crippen molar-refractivity contribution in [1.29, 1.82) is 0 Å². The highest BCUT2D eigenvalue weighted by Gasteiger charge is 2.26. The first-order valence-corrected chi connectivity index (χ1v) is 12.2. The summed E-state index contributed by atoms with van der Waals surface area (Å²) in [6.45, 7) is 0.499. The van der Waals surface area contributed by atoms with Gasteiger partial charge in [-0.2, -0.15) is 0 Å². The molecule has 0 bridgehead atoms. The van der Waals surface area contributed by atoms with Crippen LogP contribution < -0.4 is 10.6 Å². The molecule has 0 radical (unpaired) electrons. The molecular formula is C24H27F2N5O2S. The van der Waals surface area contributed by atoms with Crippen molar-refractivity contribution >= 4 is 17.7 Å². The number of ether oxygens (including phenoxy) is 1. The zero-order valence-corrected chi connectivity index (χ0v) is 19.5. The van der Waals surface area contributed by atoms with Crippen molar-refractivity contribution in [1.82, 2.24) is 19.8 Å². The van der Waals surface area contributed by atoms with E-state index in [2.05, 4.69) is 10.2 Å². The topological polar surface area (TPSA) is 86.3 Å². The minimum atomic E-state index is -0.348. The molecule has 1 aromatic heterocycles. The second kappa shape index (κ2) is 11.3. The number of amides is 1. The predicted molar refractivity (Wildman–Crippen MR) is 125 cm³/mol. The zero-order chi connectivity index (χ0) is 23.9. The van der Waals surface area contributed by atoms with Gasteiger partial charge in [-0.25, -0.2) is 13.5 Å². The number of carbonyl (C=O) groups excluding carboxylic acids is 1. The van der Waals surface area contributed by atoms with E-state index in [-0.39, 0.29) is 35.9 Å². The molecule has 4 rings (SSSR count). The summed E-state index contributed by atoms with van der Waals surface area (Å²) in [5, 5.41) is 8.52. The molecule has 1 fully saturated rings. The van der Waals surface area contributed by atoms with Crippen LogP contribution in [0.2, 0.25) is 0 Å². The fourth-order valence-electron chi connectivity index (χ4n) is 3.99. The van der Waals surface area contributed by atoms with Gasteiger partial charge in [0.05, 0.1) is 5.75 Å². The molecule has 0 atom stereocenters. The number of nitrogen functional groups attached to an aromatic ring is 1. The van der Waals surface area contributed by atoms with E-state index in [9.17, 15) is 13.6 Å². The largest absolute Gasteiger partial charge is 0.486 e. The quantitative estimate of drug-likeness (QED) is 0.358. The Morgan fingerprint density at radius 1 is 1.03 bits per heavy atom. The lowest BCUT2D eigenvalue weighted by atomic mass is 9.94. The molecule has 3 aromatic rings. The van der Waals surface area contributed by atoms with E-state index in [0.717, 1.165) is 31.2 Å². The van der Waals surface area contributed by atoms with Crippen LogP contribution >= 0.6 is 11.8 Å². The van der Waals surface area contributed by atoms with Crippen LogP contribution in [0.1, 0.15) is 43.5 Å². The van der Waals surface area contributed by atoms with Gasteiger partial charge in [-0.1, -0.05) is 43.2 Å². The SMILES string of the molecule is Nn1c(COc2ccc(F)cc2)nnc1SCC(=O)N(Cc1ccc(F)cc1)C1CCCCC1. The second-order valence-corrected chi connectivity index (χ2v) is 9.18. The monoisotopic (exact) mass is 487 g/mol. The van der Waals surface area contributed by atoms with Crippen LogP contribution in [0, 0.1) is 11.6 Å². The van der Waals surface area contributed by atoms with Crippen LogP contribution in [0.5, 0.6) is 5.75 Å². The average molecular weight is 488 g/mol. The number of benzene rings is 2.